The number of hydrogen-bond acceptors (Lipinski definition) is 7. The van der Waals surface area contributed by atoms with Crippen LogP contribution in [0.2, 0.25) is 5.02 Å². The highest BCUT2D eigenvalue weighted by molar-refractivity contribution is 7.89. The summed E-state index contributed by atoms with van der Waals surface area (Å²) in [4.78, 5) is 24.3. The van der Waals surface area contributed by atoms with Crippen molar-refractivity contribution in [2.75, 3.05) is 31.2 Å². The number of thiazole rings is 1. The molecule has 1 fully saturated rings. The first-order chi connectivity index (χ1) is 17.3. The van der Waals surface area contributed by atoms with E-state index >= 15 is 0 Å². The molecule has 11 heteroatoms. The Bertz CT molecular complexity index is 1500. The highest BCUT2D eigenvalue weighted by atomic mass is 35.5. The molecule has 5 rings (SSSR count). The Kier molecular flexibility index (Phi) is 7.05. The molecule has 0 bridgehead atoms. The number of carbonyl (C=O) groups excluding carboxylic acids is 1. The Morgan fingerprint density at radius 1 is 1.11 bits per heavy atom. The van der Waals surface area contributed by atoms with E-state index in [0.29, 0.717) is 42.0 Å². The number of morpholine rings is 1. The predicted octanol–water partition coefficient (Wildman–Crippen LogP) is 4.52. The molecule has 0 radical (unpaired) electrons. The molecule has 8 nitrogen and oxygen atoms in total. The van der Waals surface area contributed by atoms with Gasteiger partial charge in [-0.15, -0.1) is 0 Å². The lowest BCUT2D eigenvalue weighted by molar-refractivity contribution is 0.0730. The van der Waals surface area contributed by atoms with Crippen LogP contribution in [0.5, 0.6) is 0 Å². The predicted molar refractivity (Wildman–Crippen MR) is 140 cm³/mol. The summed E-state index contributed by atoms with van der Waals surface area (Å²) in [5, 5.41) is 1.14. The summed E-state index contributed by atoms with van der Waals surface area (Å²) in [6, 6.07) is 13.4. The number of aryl methyl sites for hydroxylation is 1. The minimum atomic E-state index is -3.65. The third kappa shape index (κ3) is 5.00. The first-order valence-electron chi connectivity index (χ1n) is 11.3. The van der Waals surface area contributed by atoms with Crippen LogP contribution < -0.4 is 4.90 Å². The van der Waals surface area contributed by atoms with E-state index in [2.05, 4.69) is 4.98 Å². The molecule has 0 atom stereocenters. The molecule has 1 aliphatic heterocycles. The Morgan fingerprint density at radius 3 is 2.50 bits per heavy atom. The van der Waals surface area contributed by atoms with Gasteiger partial charge in [0.05, 0.1) is 34.9 Å². The lowest BCUT2D eigenvalue weighted by Crippen LogP contribution is -2.40. The SMILES string of the molecule is Cc1cc(Cl)cc2sc(N(Cc3ccncc3)C(=O)c3ccc(S(=O)(=O)N4CCOCC4)cc3)nc12. The summed E-state index contributed by atoms with van der Waals surface area (Å²) in [6.07, 6.45) is 3.34. The van der Waals surface area contributed by atoms with Crippen LogP contribution in [0.4, 0.5) is 5.13 Å². The number of amides is 1. The molecule has 1 saturated heterocycles. The Balaban J connectivity index is 1.49. The maximum absolute atomic E-state index is 13.7. The van der Waals surface area contributed by atoms with Gasteiger partial charge in [-0.25, -0.2) is 13.4 Å². The van der Waals surface area contributed by atoms with Gasteiger partial charge in [0.25, 0.3) is 5.91 Å². The molecule has 1 aliphatic rings. The number of nitrogens with zero attached hydrogens (tertiary/aromatic N) is 4. The average Bonchev–Trinajstić information content (AvgIpc) is 3.32. The number of ether oxygens (including phenoxy) is 1. The van der Waals surface area contributed by atoms with E-state index in [9.17, 15) is 13.2 Å². The van der Waals surface area contributed by atoms with Gasteiger partial charge in [-0.05, 0) is 66.6 Å². The number of rotatable bonds is 6. The number of benzene rings is 2. The van der Waals surface area contributed by atoms with Gasteiger partial charge in [0.1, 0.15) is 0 Å². The van der Waals surface area contributed by atoms with Crippen molar-refractivity contribution in [3.63, 3.8) is 0 Å². The topological polar surface area (TPSA) is 92.7 Å². The summed E-state index contributed by atoms with van der Waals surface area (Å²) in [5.74, 6) is -0.287. The second kappa shape index (κ2) is 10.2. The van der Waals surface area contributed by atoms with Gasteiger partial charge in [0, 0.05) is 36.1 Å². The van der Waals surface area contributed by atoms with Gasteiger partial charge >= 0.3 is 0 Å². The first kappa shape index (κ1) is 24.8. The molecular weight excluding hydrogens is 520 g/mol. The zero-order chi connectivity index (χ0) is 25.3. The minimum Gasteiger partial charge on any atom is -0.379 e. The molecule has 3 heterocycles. The van der Waals surface area contributed by atoms with Gasteiger partial charge in [-0.3, -0.25) is 14.7 Å². The molecule has 0 N–H and O–H groups in total. The Morgan fingerprint density at radius 2 is 1.81 bits per heavy atom. The maximum Gasteiger partial charge on any atom is 0.260 e. The molecule has 0 aliphatic carbocycles. The van der Waals surface area contributed by atoms with Crippen LogP contribution >= 0.6 is 22.9 Å². The second-order valence-electron chi connectivity index (χ2n) is 8.35. The van der Waals surface area contributed by atoms with Crippen LogP contribution in [0.15, 0.2) is 65.8 Å². The fourth-order valence-corrected chi connectivity index (χ4v) is 6.84. The third-order valence-corrected chi connectivity index (χ3v) is 9.07. The van der Waals surface area contributed by atoms with E-state index in [0.717, 1.165) is 21.3 Å². The smallest absolute Gasteiger partial charge is 0.260 e. The number of aromatic nitrogens is 2. The zero-order valence-corrected chi connectivity index (χ0v) is 21.8. The van der Waals surface area contributed by atoms with Crippen LogP contribution in [-0.4, -0.2) is 54.9 Å². The molecule has 0 saturated carbocycles. The molecule has 0 unspecified atom stereocenters. The number of halogens is 1. The lowest BCUT2D eigenvalue weighted by Gasteiger charge is -2.26. The average molecular weight is 543 g/mol. The van der Waals surface area contributed by atoms with Crippen molar-refractivity contribution in [1.29, 1.82) is 0 Å². The molecule has 186 valence electrons. The van der Waals surface area contributed by atoms with E-state index in [1.54, 1.807) is 29.4 Å². The number of hydrogen-bond donors (Lipinski definition) is 0. The van der Waals surface area contributed by atoms with Crippen molar-refractivity contribution in [3.05, 3.63) is 82.6 Å². The Hall–Kier alpha value is -2.89. The number of carbonyl (C=O) groups is 1. The highest BCUT2D eigenvalue weighted by Gasteiger charge is 2.27. The van der Waals surface area contributed by atoms with Gasteiger partial charge in [-0.1, -0.05) is 22.9 Å². The summed E-state index contributed by atoms with van der Waals surface area (Å²) in [7, 11) is -3.65. The fraction of sp³-hybridized carbons (Fsp3) is 0.240. The van der Waals surface area contributed by atoms with Crippen LogP contribution in [-0.2, 0) is 21.3 Å². The van der Waals surface area contributed by atoms with Gasteiger partial charge in [0.15, 0.2) is 5.13 Å². The van der Waals surface area contributed by atoms with Crippen molar-refractivity contribution in [2.45, 2.75) is 18.4 Å². The highest BCUT2D eigenvalue weighted by Crippen LogP contribution is 2.34. The second-order valence-corrected chi connectivity index (χ2v) is 11.7. The van der Waals surface area contributed by atoms with Gasteiger partial charge in [-0.2, -0.15) is 4.31 Å². The van der Waals surface area contributed by atoms with Crippen LogP contribution in [0.1, 0.15) is 21.5 Å². The zero-order valence-electron chi connectivity index (χ0n) is 19.4. The molecule has 36 heavy (non-hydrogen) atoms. The molecule has 0 spiro atoms. The Labute approximate surface area is 218 Å². The molecular formula is C25H23ClN4O4S2. The summed E-state index contributed by atoms with van der Waals surface area (Å²) < 4.78 is 33.5. The minimum absolute atomic E-state index is 0.145. The van der Waals surface area contributed by atoms with Crippen LogP contribution in [0.25, 0.3) is 10.2 Å². The van der Waals surface area contributed by atoms with E-state index < -0.39 is 10.0 Å². The first-order valence-corrected chi connectivity index (χ1v) is 13.9. The summed E-state index contributed by atoms with van der Waals surface area (Å²) >= 11 is 7.62. The molecule has 2 aromatic heterocycles. The molecule has 4 aromatic rings. The number of sulfonamides is 1. The summed E-state index contributed by atoms with van der Waals surface area (Å²) in [6.45, 7) is 3.56. The molecule has 1 amide bonds. The standard InChI is InChI=1S/C25H23ClN4O4S2/c1-17-14-20(26)15-22-23(17)28-25(35-22)30(16-18-6-8-27-9-7-18)24(31)19-2-4-21(5-3-19)36(32,33)29-10-12-34-13-11-29/h2-9,14-15H,10-13,16H2,1H3. The maximum atomic E-state index is 13.7. The van der Waals surface area contributed by atoms with Crippen molar-refractivity contribution >= 4 is 54.2 Å². The van der Waals surface area contributed by atoms with E-state index in [4.69, 9.17) is 21.3 Å². The van der Waals surface area contributed by atoms with Gasteiger partial charge < -0.3 is 4.74 Å². The van der Waals surface area contributed by atoms with Crippen molar-refractivity contribution in [3.8, 4) is 0 Å². The quantitative estimate of drug-likeness (QED) is 0.355. The fourth-order valence-electron chi connectivity index (χ4n) is 4.02. The third-order valence-electron chi connectivity index (χ3n) is 5.91. The number of pyridine rings is 1. The normalized spacial score (nSPS) is 14.7. The van der Waals surface area contributed by atoms with E-state index in [-0.39, 0.29) is 17.3 Å². The largest absolute Gasteiger partial charge is 0.379 e. The lowest BCUT2D eigenvalue weighted by atomic mass is 10.2. The number of anilines is 1. The number of fused-ring (bicyclic) bond motifs is 1. The molecule has 2 aromatic carbocycles. The van der Waals surface area contributed by atoms with Crippen molar-refractivity contribution in [1.82, 2.24) is 14.3 Å². The van der Waals surface area contributed by atoms with Crippen molar-refractivity contribution in [2.24, 2.45) is 0 Å². The van der Waals surface area contributed by atoms with Crippen molar-refractivity contribution < 1.29 is 17.9 Å². The van der Waals surface area contributed by atoms with Crippen LogP contribution in [0, 0.1) is 6.92 Å². The van der Waals surface area contributed by atoms with Crippen LogP contribution in [0.3, 0.4) is 0 Å². The van der Waals surface area contributed by atoms with E-state index in [1.807, 2.05) is 31.2 Å². The van der Waals surface area contributed by atoms with Gasteiger partial charge in [0.2, 0.25) is 10.0 Å². The summed E-state index contributed by atoms with van der Waals surface area (Å²) in [5.41, 5.74) is 2.96. The van der Waals surface area contributed by atoms with E-state index in [1.165, 1.54) is 27.8 Å². The monoisotopic (exact) mass is 542 g/mol.